The molecule has 3 fully saturated rings. The van der Waals surface area contributed by atoms with Crippen LogP contribution in [0.1, 0.15) is 19.8 Å². The number of nitrogens with one attached hydrogen (secondary N) is 1. The number of aliphatic hydroxyl groups is 10. The molecular weight excluding hydrogens is 578 g/mol. The Hall–Kier alpha value is -1.66. The lowest BCUT2D eigenvalue weighted by molar-refractivity contribution is -0.384. The Labute approximate surface area is 238 Å². The van der Waals surface area contributed by atoms with Crippen LogP contribution in [0.15, 0.2) is 0 Å². The van der Waals surface area contributed by atoms with Crippen molar-refractivity contribution >= 4 is 11.9 Å². The zero-order valence-corrected chi connectivity index (χ0v) is 22.4. The Morgan fingerprint density at radius 2 is 1.57 bits per heavy atom. The summed E-state index contributed by atoms with van der Waals surface area (Å²) >= 11 is 0. The number of amides is 1. The molecule has 42 heavy (non-hydrogen) atoms. The summed E-state index contributed by atoms with van der Waals surface area (Å²) in [5, 5.41) is 114. The molecular formula is C23H39NO18. The first-order valence-corrected chi connectivity index (χ1v) is 13.1. The molecule has 0 unspecified atom stereocenters. The second-order valence-electron chi connectivity index (χ2n) is 10.3. The number of aliphatic carboxylic acids is 1. The van der Waals surface area contributed by atoms with Gasteiger partial charge in [0.25, 0.3) is 5.79 Å². The number of aliphatic hydroxyl groups excluding tert-OH is 10. The Kier molecular flexibility index (Phi) is 12.0. The largest absolute Gasteiger partial charge is 0.477 e. The van der Waals surface area contributed by atoms with Crippen molar-refractivity contribution in [3.63, 3.8) is 0 Å². The Balaban J connectivity index is 1.92. The van der Waals surface area contributed by atoms with E-state index in [-0.39, 0.29) is 6.42 Å². The van der Waals surface area contributed by atoms with Crippen molar-refractivity contribution < 1.29 is 89.4 Å². The zero-order valence-electron chi connectivity index (χ0n) is 22.4. The van der Waals surface area contributed by atoms with Crippen LogP contribution in [0.4, 0.5) is 0 Å². The van der Waals surface area contributed by atoms with Crippen molar-refractivity contribution in [3.05, 3.63) is 0 Å². The van der Waals surface area contributed by atoms with Gasteiger partial charge in [0.15, 0.2) is 12.6 Å². The number of carbonyl (C=O) groups excluding carboxylic acids is 1. The van der Waals surface area contributed by atoms with Crippen molar-refractivity contribution in [2.75, 3.05) is 19.8 Å². The van der Waals surface area contributed by atoms with Gasteiger partial charge in [0.05, 0.1) is 31.5 Å². The van der Waals surface area contributed by atoms with E-state index in [9.17, 15) is 65.8 Å². The van der Waals surface area contributed by atoms with Crippen molar-refractivity contribution in [1.82, 2.24) is 5.32 Å². The van der Waals surface area contributed by atoms with E-state index in [1.165, 1.54) is 0 Å². The van der Waals surface area contributed by atoms with Crippen LogP contribution in [-0.4, -0.2) is 179 Å². The van der Waals surface area contributed by atoms with Gasteiger partial charge in [-0.2, -0.15) is 0 Å². The Morgan fingerprint density at radius 1 is 0.929 bits per heavy atom. The molecule has 0 aromatic rings. The normalized spacial score (nSPS) is 45.3. The van der Waals surface area contributed by atoms with Gasteiger partial charge in [-0.15, -0.1) is 0 Å². The summed E-state index contributed by atoms with van der Waals surface area (Å²) in [6.07, 6.45) is -24.9. The van der Waals surface area contributed by atoms with Crippen molar-refractivity contribution in [1.29, 1.82) is 0 Å². The molecule has 244 valence electrons. The number of ether oxygens (including phenoxy) is 5. The molecule has 0 aromatic heterocycles. The zero-order chi connectivity index (χ0) is 31.5. The van der Waals surface area contributed by atoms with Gasteiger partial charge < -0.3 is 85.2 Å². The Morgan fingerprint density at radius 3 is 2.12 bits per heavy atom. The third kappa shape index (κ3) is 7.17. The lowest BCUT2D eigenvalue weighted by Gasteiger charge is -2.50. The predicted octanol–water partition coefficient (Wildman–Crippen LogP) is -7.19. The lowest BCUT2D eigenvalue weighted by atomic mass is 9.88. The number of hydrogen-bond acceptors (Lipinski definition) is 17. The van der Waals surface area contributed by atoms with Gasteiger partial charge in [0.2, 0.25) is 5.91 Å². The van der Waals surface area contributed by atoms with E-state index in [1.807, 2.05) is 0 Å². The van der Waals surface area contributed by atoms with Crippen molar-refractivity contribution in [3.8, 4) is 0 Å². The second-order valence-corrected chi connectivity index (χ2v) is 10.3. The van der Waals surface area contributed by atoms with Gasteiger partial charge in [-0.1, -0.05) is 0 Å². The molecule has 15 atom stereocenters. The van der Waals surface area contributed by atoms with Crippen molar-refractivity contribution in [2.24, 2.45) is 0 Å². The third-order valence-corrected chi connectivity index (χ3v) is 7.35. The fourth-order valence-electron chi connectivity index (χ4n) is 5.17. The first-order valence-electron chi connectivity index (χ1n) is 13.1. The highest BCUT2D eigenvalue weighted by atomic mass is 16.8. The topological polar surface area (TPSA) is 315 Å². The SMILES string of the molecule is CC(=O)N[C@H]1[C@H]([C@H](O)CCO)O[C@@](O[C@H]2[C@@H](O)[C@@H](CO)O[C@@H](O[C@H]3[C@H](O)[C@@H](O)[C@H](O)O[C@@H]3CO)[C@@H]2O)(C(=O)O)C[C@@H]1O. The van der Waals surface area contributed by atoms with Gasteiger partial charge in [-0.05, 0) is 6.42 Å². The molecule has 0 aliphatic carbocycles. The number of carboxylic acids is 1. The van der Waals surface area contributed by atoms with Crippen LogP contribution in [0.3, 0.4) is 0 Å². The number of carbonyl (C=O) groups is 2. The van der Waals surface area contributed by atoms with Crippen LogP contribution >= 0.6 is 0 Å². The van der Waals surface area contributed by atoms with Crippen molar-refractivity contribution in [2.45, 2.75) is 111 Å². The average Bonchev–Trinajstić information content (AvgIpc) is 2.93. The summed E-state index contributed by atoms with van der Waals surface area (Å²) in [6, 6.07) is -1.36. The summed E-state index contributed by atoms with van der Waals surface area (Å²) in [5.41, 5.74) is 0. The van der Waals surface area contributed by atoms with Gasteiger partial charge >= 0.3 is 5.97 Å². The first-order chi connectivity index (χ1) is 19.7. The van der Waals surface area contributed by atoms with Gasteiger partial charge in [-0.25, -0.2) is 4.79 Å². The summed E-state index contributed by atoms with van der Waals surface area (Å²) in [7, 11) is 0. The smallest absolute Gasteiger partial charge is 0.364 e. The molecule has 3 heterocycles. The molecule has 0 radical (unpaired) electrons. The van der Waals surface area contributed by atoms with E-state index in [2.05, 4.69) is 5.32 Å². The summed E-state index contributed by atoms with van der Waals surface area (Å²) in [5.74, 6) is -5.45. The molecule has 3 aliphatic rings. The molecule has 19 nitrogen and oxygen atoms in total. The Bertz CT molecular complexity index is 911. The van der Waals surface area contributed by atoms with Crippen LogP contribution < -0.4 is 5.32 Å². The highest BCUT2D eigenvalue weighted by Crippen LogP contribution is 2.38. The number of carboxylic acid groups (broad SMARTS) is 1. The molecule has 1 amide bonds. The molecule has 12 N–H and O–H groups in total. The van der Waals surface area contributed by atoms with Gasteiger partial charge in [0.1, 0.15) is 54.9 Å². The minimum atomic E-state index is -2.90. The predicted molar refractivity (Wildman–Crippen MR) is 129 cm³/mol. The van der Waals surface area contributed by atoms with E-state index in [0.717, 1.165) is 6.92 Å². The maximum atomic E-state index is 12.5. The molecule has 0 saturated carbocycles. The molecule has 19 heteroatoms. The molecule has 3 rings (SSSR count). The van der Waals surface area contributed by atoms with E-state index in [4.69, 9.17) is 23.7 Å². The molecule has 3 aliphatic heterocycles. The average molecular weight is 618 g/mol. The number of hydrogen-bond donors (Lipinski definition) is 12. The molecule has 3 saturated heterocycles. The number of rotatable bonds is 11. The standard InChI is InChI=1S/C23H39NO18/c1-7(28)24-12-9(30)4-23(22(36)37,41-17(12)8(29)2-3-25)42-19-13(31)10(5-26)39-21(16(19)34)40-18-11(6-27)38-20(35)15(33)14(18)32/h8-21,25-27,29-35H,2-6H2,1H3,(H,24,28)(H,36,37)/t8-,9+,10-,11-,12-,13+,14-,15-,16-,17+,18-,19+,20-,21+,23+/m1/s1. The quantitative estimate of drug-likeness (QED) is 0.102. The van der Waals surface area contributed by atoms with E-state index in [0.29, 0.717) is 0 Å². The van der Waals surface area contributed by atoms with Crippen LogP contribution in [0.2, 0.25) is 0 Å². The molecule has 0 bridgehead atoms. The highest BCUT2D eigenvalue weighted by Gasteiger charge is 2.59. The summed E-state index contributed by atoms with van der Waals surface area (Å²) < 4.78 is 27.0. The van der Waals surface area contributed by atoms with E-state index < -0.39 is 130 Å². The van der Waals surface area contributed by atoms with Crippen LogP contribution in [0.25, 0.3) is 0 Å². The maximum Gasteiger partial charge on any atom is 0.364 e. The molecule has 0 aromatic carbocycles. The minimum absolute atomic E-state index is 0.369. The van der Waals surface area contributed by atoms with Crippen LogP contribution in [0.5, 0.6) is 0 Å². The van der Waals surface area contributed by atoms with E-state index >= 15 is 0 Å². The molecule has 0 spiro atoms. The monoisotopic (exact) mass is 617 g/mol. The fourth-order valence-corrected chi connectivity index (χ4v) is 5.17. The van der Waals surface area contributed by atoms with Gasteiger partial charge in [-0.3, -0.25) is 4.79 Å². The lowest BCUT2D eigenvalue weighted by Crippen LogP contribution is -2.70. The summed E-state index contributed by atoms with van der Waals surface area (Å²) in [6.45, 7) is -1.27. The minimum Gasteiger partial charge on any atom is -0.477 e. The van der Waals surface area contributed by atoms with Crippen LogP contribution in [0, 0.1) is 0 Å². The third-order valence-electron chi connectivity index (χ3n) is 7.35. The first kappa shape index (κ1) is 34.8. The van der Waals surface area contributed by atoms with E-state index in [1.54, 1.807) is 0 Å². The highest BCUT2D eigenvalue weighted by molar-refractivity contribution is 5.76. The second kappa shape index (κ2) is 14.4. The van der Waals surface area contributed by atoms with Gasteiger partial charge in [0, 0.05) is 20.0 Å². The maximum absolute atomic E-state index is 12.5. The fraction of sp³-hybridized carbons (Fsp3) is 0.913. The summed E-state index contributed by atoms with van der Waals surface area (Å²) in [4.78, 5) is 24.2. The van der Waals surface area contributed by atoms with Crippen LogP contribution in [-0.2, 0) is 33.3 Å².